The predicted octanol–water partition coefficient (Wildman–Crippen LogP) is 2.44. The van der Waals surface area contributed by atoms with Gasteiger partial charge in [-0.05, 0) is 23.1 Å². The Hall–Kier alpha value is -1.01. The molecule has 0 amide bonds. The highest BCUT2D eigenvalue weighted by Gasteiger charge is 2.06. The van der Waals surface area contributed by atoms with Crippen molar-refractivity contribution in [1.82, 2.24) is 15.0 Å². The number of anilines is 1. The molecule has 0 saturated carbocycles. The first-order chi connectivity index (χ1) is 7.35. The summed E-state index contributed by atoms with van der Waals surface area (Å²) in [7, 11) is 5.03. The number of aromatic nitrogens is 3. The molecule has 0 aliphatic heterocycles. The van der Waals surface area contributed by atoms with Crippen molar-refractivity contribution in [2.75, 3.05) is 18.6 Å². The third-order valence-corrected chi connectivity index (χ3v) is 3.32. The molecule has 0 saturated heterocycles. The fourth-order valence-corrected chi connectivity index (χ4v) is 2.35. The van der Waals surface area contributed by atoms with Crippen LogP contribution >= 0.6 is 21.6 Å². The fourth-order valence-electron chi connectivity index (χ4n) is 1.26. The fraction of sp³-hybridized carbons (Fsp3) is 0.222. The number of pyridine rings is 1. The molecule has 0 aromatic carbocycles. The molecule has 2 rings (SSSR count). The standard InChI is InChI=1S/C9H10N4S2/c1-10-8-6-3-4-11-5-7(6)12-9(13-8)15-14-2/h3-5H,1-2H3,(H,10,12,13). The maximum absolute atomic E-state index is 4.40. The molecule has 15 heavy (non-hydrogen) atoms. The summed E-state index contributed by atoms with van der Waals surface area (Å²) in [4.78, 5) is 12.9. The maximum Gasteiger partial charge on any atom is 0.200 e. The Kier molecular flexibility index (Phi) is 3.27. The molecule has 2 aromatic rings. The van der Waals surface area contributed by atoms with E-state index in [0.29, 0.717) is 0 Å². The van der Waals surface area contributed by atoms with E-state index in [9.17, 15) is 0 Å². The third-order valence-electron chi connectivity index (χ3n) is 1.87. The highest BCUT2D eigenvalue weighted by molar-refractivity contribution is 8.76. The molecule has 0 radical (unpaired) electrons. The lowest BCUT2D eigenvalue weighted by Crippen LogP contribution is -1.97. The lowest BCUT2D eigenvalue weighted by molar-refractivity contribution is 1.01. The second kappa shape index (κ2) is 4.67. The first-order valence-corrected chi connectivity index (χ1v) is 6.91. The molecule has 0 aliphatic carbocycles. The maximum atomic E-state index is 4.40. The van der Waals surface area contributed by atoms with E-state index in [-0.39, 0.29) is 0 Å². The third kappa shape index (κ3) is 2.15. The molecular weight excluding hydrogens is 228 g/mol. The van der Waals surface area contributed by atoms with E-state index < -0.39 is 0 Å². The molecule has 2 heterocycles. The van der Waals surface area contributed by atoms with Gasteiger partial charge >= 0.3 is 0 Å². The molecular formula is C9H10N4S2. The lowest BCUT2D eigenvalue weighted by Gasteiger charge is -2.05. The summed E-state index contributed by atoms with van der Waals surface area (Å²) in [5, 5.41) is 4.82. The molecule has 0 spiro atoms. The van der Waals surface area contributed by atoms with Crippen molar-refractivity contribution in [3.05, 3.63) is 18.5 Å². The van der Waals surface area contributed by atoms with Crippen LogP contribution in [0.4, 0.5) is 5.82 Å². The van der Waals surface area contributed by atoms with Crippen molar-refractivity contribution in [3.63, 3.8) is 0 Å². The van der Waals surface area contributed by atoms with E-state index in [4.69, 9.17) is 0 Å². The Morgan fingerprint density at radius 3 is 2.93 bits per heavy atom. The summed E-state index contributed by atoms with van der Waals surface area (Å²) in [6.07, 6.45) is 5.50. The second-order valence-corrected chi connectivity index (χ2v) is 5.11. The number of hydrogen-bond donors (Lipinski definition) is 1. The van der Waals surface area contributed by atoms with E-state index in [2.05, 4.69) is 20.3 Å². The quantitative estimate of drug-likeness (QED) is 0.654. The average Bonchev–Trinajstić information content (AvgIpc) is 2.28. The van der Waals surface area contributed by atoms with Crippen molar-refractivity contribution in [2.45, 2.75) is 5.16 Å². The molecule has 1 N–H and O–H groups in total. The van der Waals surface area contributed by atoms with Crippen molar-refractivity contribution in [3.8, 4) is 0 Å². The molecule has 78 valence electrons. The minimum absolute atomic E-state index is 0.757. The topological polar surface area (TPSA) is 50.7 Å². The first kappa shape index (κ1) is 10.5. The molecule has 6 heteroatoms. The van der Waals surface area contributed by atoms with Crippen LogP contribution in [-0.2, 0) is 0 Å². The lowest BCUT2D eigenvalue weighted by atomic mass is 10.3. The molecule has 0 fully saturated rings. The zero-order chi connectivity index (χ0) is 10.7. The van der Waals surface area contributed by atoms with Gasteiger partial charge in [-0.2, -0.15) is 0 Å². The Balaban J connectivity index is 2.60. The average molecular weight is 238 g/mol. The summed E-state index contributed by atoms with van der Waals surface area (Å²) in [5.41, 5.74) is 0.869. The second-order valence-electron chi connectivity index (χ2n) is 2.75. The number of rotatable bonds is 3. The number of nitrogens with zero attached hydrogens (tertiary/aromatic N) is 3. The molecule has 0 unspecified atom stereocenters. The van der Waals surface area contributed by atoms with Crippen molar-refractivity contribution >= 4 is 38.3 Å². The Labute approximate surface area is 95.7 Å². The largest absolute Gasteiger partial charge is 0.372 e. The number of fused-ring (bicyclic) bond motifs is 1. The Morgan fingerprint density at radius 2 is 2.20 bits per heavy atom. The van der Waals surface area contributed by atoms with Gasteiger partial charge in [0.1, 0.15) is 5.82 Å². The smallest absolute Gasteiger partial charge is 0.200 e. The molecule has 2 aromatic heterocycles. The van der Waals surface area contributed by atoms with Crippen molar-refractivity contribution in [1.29, 1.82) is 0 Å². The van der Waals surface area contributed by atoms with Crippen LogP contribution in [0.5, 0.6) is 0 Å². The molecule has 4 nitrogen and oxygen atoms in total. The molecule has 0 aliphatic rings. The Morgan fingerprint density at radius 1 is 1.33 bits per heavy atom. The predicted molar refractivity (Wildman–Crippen MR) is 66.3 cm³/mol. The molecule has 0 bridgehead atoms. The monoisotopic (exact) mass is 238 g/mol. The SMILES string of the molecule is CNc1nc(SSC)nc2cnccc12. The van der Waals surface area contributed by atoms with Crippen LogP contribution in [0.2, 0.25) is 0 Å². The van der Waals surface area contributed by atoms with Gasteiger partial charge in [-0.3, -0.25) is 4.98 Å². The van der Waals surface area contributed by atoms with Gasteiger partial charge in [-0.15, -0.1) is 0 Å². The van der Waals surface area contributed by atoms with E-state index in [0.717, 1.165) is 21.9 Å². The van der Waals surface area contributed by atoms with Crippen LogP contribution in [-0.4, -0.2) is 28.3 Å². The van der Waals surface area contributed by atoms with Crippen molar-refractivity contribution in [2.24, 2.45) is 0 Å². The van der Waals surface area contributed by atoms with E-state index in [1.807, 2.05) is 19.4 Å². The van der Waals surface area contributed by atoms with Crippen LogP contribution in [0.1, 0.15) is 0 Å². The van der Waals surface area contributed by atoms with Gasteiger partial charge in [-0.1, -0.05) is 10.8 Å². The summed E-state index contributed by atoms with van der Waals surface area (Å²) >= 11 is 0. The van der Waals surface area contributed by atoms with Gasteiger partial charge in [0.15, 0.2) is 0 Å². The zero-order valence-electron chi connectivity index (χ0n) is 8.39. The van der Waals surface area contributed by atoms with Crippen LogP contribution in [0.3, 0.4) is 0 Å². The van der Waals surface area contributed by atoms with E-state index >= 15 is 0 Å². The zero-order valence-corrected chi connectivity index (χ0v) is 10.0. The first-order valence-electron chi connectivity index (χ1n) is 4.35. The van der Waals surface area contributed by atoms with Crippen LogP contribution in [0.25, 0.3) is 10.9 Å². The highest BCUT2D eigenvalue weighted by atomic mass is 33.1. The van der Waals surface area contributed by atoms with Gasteiger partial charge < -0.3 is 5.32 Å². The van der Waals surface area contributed by atoms with E-state index in [1.54, 1.807) is 34.0 Å². The van der Waals surface area contributed by atoms with E-state index in [1.165, 1.54) is 0 Å². The van der Waals surface area contributed by atoms with Crippen molar-refractivity contribution < 1.29 is 0 Å². The summed E-state index contributed by atoms with van der Waals surface area (Å²) < 4.78 is 0. The highest BCUT2D eigenvalue weighted by Crippen LogP contribution is 2.28. The summed E-state index contributed by atoms with van der Waals surface area (Å²) in [6, 6.07) is 1.91. The number of hydrogen-bond acceptors (Lipinski definition) is 6. The van der Waals surface area contributed by atoms with Gasteiger partial charge in [-0.25, -0.2) is 9.97 Å². The minimum atomic E-state index is 0.757. The van der Waals surface area contributed by atoms with Gasteiger partial charge in [0.25, 0.3) is 0 Å². The van der Waals surface area contributed by atoms with Gasteiger partial charge in [0, 0.05) is 18.6 Å². The number of nitrogens with one attached hydrogen (secondary N) is 1. The normalized spacial score (nSPS) is 10.5. The van der Waals surface area contributed by atoms with Crippen LogP contribution < -0.4 is 5.32 Å². The van der Waals surface area contributed by atoms with Crippen LogP contribution in [0.15, 0.2) is 23.6 Å². The Bertz CT molecular complexity index is 475. The summed E-state index contributed by atoms with van der Waals surface area (Å²) in [5.74, 6) is 0.846. The van der Waals surface area contributed by atoms with Crippen LogP contribution in [0, 0.1) is 0 Å². The molecule has 0 atom stereocenters. The minimum Gasteiger partial charge on any atom is -0.372 e. The van der Waals surface area contributed by atoms with Gasteiger partial charge in [0.2, 0.25) is 5.16 Å². The summed E-state index contributed by atoms with van der Waals surface area (Å²) in [6.45, 7) is 0. The van der Waals surface area contributed by atoms with Gasteiger partial charge in [0.05, 0.1) is 11.7 Å².